The molecule has 0 spiro atoms. The van der Waals surface area contributed by atoms with Gasteiger partial charge in [-0.3, -0.25) is 4.99 Å². The second kappa shape index (κ2) is 4.16. The molecule has 4 rings (SSSR count). The van der Waals surface area contributed by atoms with Crippen LogP contribution in [0.5, 0.6) is 0 Å². The molecule has 0 amide bonds. The predicted octanol–water partition coefficient (Wildman–Crippen LogP) is 2.93. The van der Waals surface area contributed by atoms with Crippen molar-refractivity contribution in [1.82, 2.24) is 4.90 Å². The Morgan fingerprint density at radius 1 is 1.15 bits per heavy atom. The molecule has 0 saturated heterocycles. The molecule has 0 radical (unpaired) electrons. The second-order valence-corrected chi connectivity index (χ2v) is 5.56. The lowest BCUT2D eigenvalue weighted by Gasteiger charge is -2.33. The molecule has 0 fully saturated rings. The van der Waals surface area contributed by atoms with Gasteiger partial charge in [-0.25, -0.2) is 4.90 Å². The molecule has 100 valence electrons. The van der Waals surface area contributed by atoms with E-state index >= 15 is 0 Å². The van der Waals surface area contributed by atoms with Crippen LogP contribution in [0.25, 0.3) is 0 Å². The lowest BCUT2D eigenvalue weighted by Crippen LogP contribution is -2.42. The highest BCUT2D eigenvalue weighted by atomic mass is 35.5. The minimum absolute atomic E-state index is 0.0909. The summed E-state index contributed by atoms with van der Waals surface area (Å²) in [5.41, 5.74) is 1.66. The summed E-state index contributed by atoms with van der Waals surface area (Å²) in [5, 5.41) is 12.0. The molecule has 2 aliphatic rings. The van der Waals surface area contributed by atoms with Gasteiger partial charge in [-0.2, -0.15) is 0 Å². The topological polar surface area (TPSA) is 35.8 Å². The molecule has 1 N–H and O–H groups in total. The van der Waals surface area contributed by atoms with Gasteiger partial charge in [0.15, 0.2) is 5.72 Å². The van der Waals surface area contributed by atoms with Crippen molar-refractivity contribution in [3.63, 3.8) is 0 Å². The van der Waals surface area contributed by atoms with Gasteiger partial charge in [0.1, 0.15) is 6.17 Å². The largest absolute Gasteiger partial charge is 0.367 e. The molecule has 2 heterocycles. The van der Waals surface area contributed by atoms with Crippen LogP contribution in [0.1, 0.15) is 22.9 Å². The van der Waals surface area contributed by atoms with Gasteiger partial charge >= 0.3 is 0 Å². The Hall–Kier alpha value is -1.68. The Balaban J connectivity index is 1.94. The van der Waals surface area contributed by atoms with E-state index in [9.17, 15) is 5.11 Å². The number of aliphatic imine (C=N–C) groups is 1. The molecule has 0 saturated carbocycles. The Kier molecular flexibility index (Phi) is 2.51. The van der Waals surface area contributed by atoms with Crippen molar-refractivity contribution in [1.29, 1.82) is 0 Å². The molecule has 2 aromatic carbocycles. The molecular weight excluding hydrogens is 272 g/mol. The molecule has 0 aromatic heterocycles. The summed E-state index contributed by atoms with van der Waals surface area (Å²) in [4.78, 5) is 6.49. The van der Waals surface area contributed by atoms with E-state index in [1.54, 1.807) is 0 Å². The lowest BCUT2D eigenvalue weighted by atomic mass is 9.93. The SMILES string of the molecule is OC1(c2ccc(Cl)cc2)c2ccccc2C2N=CCN21. The number of aliphatic hydroxyl groups is 1. The third kappa shape index (κ3) is 1.45. The average Bonchev–Trinajstić information content (AvgIpc) is 3.04. The van der Waals surface area contributed by atoms with Gasteiger partial charge in [-0.15, -0.1) is 0 Å². The molecule has 4 heteroatoms. The molecular formula is C16H13ClN2O. The van der Waals surface area contributed by atoms with Gasteiger partial charge < -0.3 is 5.11 Å². The molecule has 0 aliphatic carbocycles. The number of rotatable bonds is 1. The quantitative estimate of drug-likeness (QED) is 0.874. The van der Waals surface area contributed by atoms with Gasteiger partial charge in [0.2, 0.25) is 0 Å². The highest BCUT2D eigenvalue weighted by Gasteiger charge is 2.51. The number of benzene rings is 2. The van der Waals surface area contributed by atoms with Crippen LogP contribution in [-0.2, 0) is 5.72 Å². The van der Waals surface area contributed by atoms with Gasteiger partial charge in [-0.1, -0.05) is 48.0 Å². The van der Waals surface area contributed by atoms with Crippen LogP contribution >= 0.6 is 11.6 Å². The van der Waals surface area contributed by atoms with Crippen molar-refractivity contribution < 1.29 is 5.11 Å². The molecule has 2 atom stereocenters. The maximum Gasteiger partial charge on any atom is 0.173 e. The van der Waals surface area contributed by atoms with E-state index in [-0.39, 0.29) is 6.17 Å². The van der Waals surface area contributed by atoms with Crippen molar-refractivity contribution in [3.05, 3.63) is 70.2 Å². The van der Waals surface area contributed by atoms with Crippen LogP contribution in [0, 0.1) is 0 Å². The van der Waals surface area contributed by atoms with Crippen LogP contribution in [0.3, 0.4) is 0 Å². The molecule has 20 heavy (non-hydrogen) atoms. The average molecular weight is 285 g/mol. The van der Waals surface area contributed by atoms with Crippen LogP contribution in [0.4, 0.5) is 0 Å². The minimum atomic E-state index is -1.14. The van der Waals surface area contributed by atoms with Crippen LogP contribution in [0.2, 0.25) is 5.02 Å². The fraction of sp³-hybridized carbons (Fsp3) is 0.188. The van der Waals surface area contributed by atoms with Crippen molar-refractivity contribution in [2.24, 2.45) is 4.99 Å². The van der Waals surface area contributed by atoms with E-state index in [0.717, 1.165) is 16.7 Å². The fourth-order valence-electron chi connectivity index (χ4n) is 3.17. The monoisotopic (exact) mass is 284 g/mol. The van der Waals surface area contributed by atoms with Gasteiger partial charge in [-0.05, 0) is 17.7 Å². The van der Waals surface area contributed by atoms with E-state index in [0.29, 0.717) is 11.6 Å². The Morgan fingerprint density at radius 3 is 2.70 bits per heavy atom. The third-order valence-electron chi connectivity index (χ3n) is 4.10. The first-order valence-corrected chi connectivity index (χ1v) is 6.95. The molecule has 2 unspecified atom stereocenters. The van der Waals surface area contributed by atoms with E-state index < -0.39 is 5.72 Å². The highest BCUT2D eigenvalue weighted by molar-refractivity contribution is 6.30. The highest BCUT2D eigenvalue weighted by Crippen LogP contribution is 2.49. The Morgan fingerprint density at radius 2 is 1.90 bits per heavy atom. The van der Waals surface area contributed by atoms with Crippen molar-refractivity contribution >= 4 is 17.8 Å². The zero-order valence-electron chi connectivity index (χ0n) is 10.7. The fourth-order valence-corrected chi connectivity index (χ4v) is 3.30. The molecule has 3 nitrogen and oxygen atoms in total. The summed E-state index contributed by atoms with van der Waals surface area (Å²) >= 11 is 5.96. The Bertz CT molecular complexity index is 698. The Labute approximate surface area is 122 Å². The van der Waals surface area contributed by atoms with Crippen LogP contribution in [0.15, 0.2) is 53.5 Å². The molecule has 2 aromatic rings. The summed E-state index contributed by atoms with van der Waals surface area (Å²) in [6.07, 6.45) is 1.77. The normalized spacial score (nSPS) is 27.6. The summed E-state index contributed by atoms with van der Waals surface area (Å²) < 4.78 is 0. The van der Waals surface area contributed by atoms with E-state index in [1.165, 1.54) is 0 Å². The maximum absolute atomic E-state index is 11.4. The van der Waals surface area contributed by atoms with Gasteiger partial charge in [0.05, 0.1) is 0 Å². The van der Waals surface area contributed by atoms with E-state index in [2.05, 4.69) is 4.99 Å². The summed E-state index contributed by atoms with van der Waals surface area (Å²) in [6.45, 7) is 0.637. The summed E-state index contributed by atoms with van der Waals surface area (Å²) in [7, 11) is 0. The van der Waals surface area contributed by atoms with Crippen molar-refractivity contribution in [2.45, 2.75) is 11.9 Å². The second-order valence-electron chi connectivity index (χ2n) is 5.12. The number of hydrogen-bond acceptors (Lipinski definition) is 3. The number of nitrogens with zero attached hydrogens (tertiary/aromatic N) is 2. The zero-order chi connectivity index (χ0) is 13.7. The summed E-state index contributed by atoms with van der Waals surface area (Å²) in [5.74, 6) is 0. The van der Waals surface area contributed by atoms with Gasteiger partial charge in [0.25, 0.3) is 0 Å². The molecule has 2 aliphatic heterocycles. The van der Waals surface area contributed by atoms with Crippen molar-refractivity contribution in [2.75, 3.05) is 6.54 Å². The molecule has 0 bridgehead atoms. The minimum Gasteiger partial charge on any atom is -0.367 e. The van der Waals surface area contributed by atoms with Crippen LogP contribution in [-0.4, -0.2) is 22.8 Å². The maximum atomic E-state index is 11.4. The number of halogens is 1. The first-order valence-electron chi connectivity index (χ1n) is 6.57. The van der Waals surface area contributed by atoms with Crippen LogP contribution < -0.4 is 0 Å². The van der Waals surface area contributed by atoms with E-state index in [1.807, 2.05) is 59.6 Å². The van der Waals surface area contributed by atoms with Gasteiger partial charge in [0, 0.05) is 28.9 Å². The van der Waals surface area contributed by atoms with Crippen molar-refractivity contribution in [3.8, 4) is 0 Å². The first kappa shape index (κ1) is 12.1. The third-order valence-corrected chi connectivity index (χ3v) is 4.35. The number of fused-ring (bicyclic) bond motifs is 3. The van der Waals surface area contributed by atoms with E-state index in [4.69, 9.17) is 11.6 Å². The standard InChI is InChI=1S/C16H13ClN2O/c17-12-7-5-11(6-8-12)16(20)14-4-2-1-3-13(14)15-18-9-10-19(15)16/h1-9,15,20H,10H2. The number of hydrogen-bond donors (Lipinski definition) is 1. The summed E-state index contributed by atoms with van der Waals surface area (Å²) in [6, 6.07) is 15.3. The lowest BCUT2D eigenvalue weighted by molar-refractivity contribution is -0.0702. The predicted molar refractivity (Wildman–Crippen MR) is 78.8 cm³/mol. The first-order chi connectivity index (χ1) is 9.71. The smallest absolute Gasteiger partial charge is 0.173 e. The zero-order valence-corrected chi connectivity index (χ0v) is 11.5.